The van der Waals surface area contributed by atoms with Crippen LogP contribution >= 0.6 is 0 Å². The fraction of sp³-hybridized carbons (Fsp3) is 1.00. The molecule has 2 aliphatic heterocycles. The molecule has 0 aromatic heterocycles. The summed E-state index contributed by atoms with van der Waals surface area (Å²) < 4.78 is 11.1. The third kappa shape index (κ3) is 4.99. The van der Waals surface area contributed by atoms with Crippen LogP contribution in [0.1, 0.15) is 46.0 Å². The van der Waals surface area contributed by atoms with Crippen LogP contribution in [0.2, 0.25) is 0 Å². The summed E-state index contributed by atoms with van der Waals surface area (Å²) >= 11 is 0. The number of rotatable bonds is 7. The molecule has 118 valence electrons. The first-order chi connectivity index (χ1) is 9.66. The molecule has 20 heavy (non-hydrogen) atoms. The molecule has 4 heteroatoms. The molecule has 0 aliphatic carbocycles. The first-order valence-electron chi connectivity index (χ1n) is 8.28. The topological polar surface area (TPSA) is 41.9 Å². The van der Waals surface area contributed by atoms with Crippen molar-refractivity contribution in [1.29, 1.82) is 0 Å². The number of ether oxygens (including phenoxy) is 2. The minimum atomic E-state index is -0.379. The second-order valence-electron chi connectivity index (χ2n) is 6.63. The predicted molar refractivity (Wildman–Crippen MR) is 79.8 cm³/mol. The van der Waals surface area contributed by atoms with E-state index < -0.39 is 0 Å². The lowest BCUT2D eigenvalue weighted by molar-refractivity contribution is -0.0339. The molecule has 2 saturated heterocycles. The molecule has 2 aliphatic rings. The third-order valence-corrected chi connectivity index (χ3v) is 4.52. The van der Waals surface area contributed by atoms with Gasteiger partial charge in [-0.25, -0.2) is 0 Å². The monoisotopic (exact) mass is 285 g/mol. The zero-order valence-corrected chi connectivity index (χ0v) is 13.1. The van der Waals surface area contributed by atoms with Gasteiger partial charge in [-0.15, -0.1) is 0 Å². The third-order valence-electron chi connectivity index (χ3n) is 4.52. The number of nitrogens with zero attached hydrogens (tertiary/aromatic N) is 1. The summed E-state index contributed by atoms with van der Waals surface area (Å²) in [5, 5.41) is 10.2. The van der Waals surface area contributed by atoms with Crippen molar-refractivity contribution in [3.05, 3.63) is 0 Å². The van der Waals surface area contributed by atoms with E-state index in [0.717, 1.165) is 32.5 Å². The summed E-state index contributed by atoms with van der Waals surface area (Å²) in [5.74, 6) is 0.662. The lowest BCUT2D eigenvalue weighted by atomic mass is 9.92. The fourth-order valence-corrected chi connectivity index (χ4v) is 3.43. The van der Waals surface area contributed by atoms with E-state index in [1.54, 1.807) is 0 Å². The van der Waals surface area contributed by atoms with Crippen molar-refractivity contribution >= 4 is 0 Å². The molecule has 0 amide bonds. The van der Waals surface area contributed by atoms with Crippen LogP contribution < -0.4 is 0 Å². The highest BCUT2D eigenvalue weighted by molar-refractivity contribution is 4.81. The lowest BCUT2D eigenvalue weighted by Crippen LogP contribution is -2.47. The molecule has 0 saturated carbocycles. The van der Waals surface area contributed by atoms with Crippen LogP contribution in [0.5, 0.6) is 0 Å². The summed E-state index contributed by atoms with van der Waals surface area (Å²) in [7, 11) is 0. The molecular formula is C16H31NO3. The number of β-amino-alcohol motifs (C(OH)–C–C–N with tert-alkyl or cyclic N) is 1. The first-order valence-corrected chi connectivity index (χ1v) is 8.28. The van der Waals surface area contributed by atoms with E-state index in [0.29, 0.717) is 25.2 Å². The number of hydrogen-bond acceptors (Lipinski definition) is 4. The predicted octanol–water partition coefficient (Wildman–Crippen LogP) is 2.05. The Morgan fingerprint density at radius 2 is 2.10 bits per heavy atom. The van der Waals surface area contributed by atoms with Crippen LogP contribution in [0.25, 0.3) is 0 Å². The van der Waals surface area contributed by atoms with Crippen LogP contribution in [0.4, 0.5) is 0 Å². The maximum absolute atomic E-state index is 10.2. The van der Waals surface area contributed by atoms with E-state index in [4.69, 9.17) is 9.47 Å². The average molecular weight is 285 g/mol. The van der Waals surface area contributed by atoms with Gasteiger partial charge in [0.25, 0.3) is 0 Å². The Labute approximate surface area is 123 Å². The summed E-state index contributed by atoms with van der Waals surface area (Å²) in [6, 6.07) is 0.622. The Balaban J connectivity index is 1.65. The normalized spacial score (nSPS) is 30.0. The quantitative estimate of drug-likeness (QED) is 0.777. The van der Waals surface area contributed by atoms with Crippen molar-refractivity contribution in [2.45, 2.75) is 64.2 Å². The molecule has 3 atom stereocenters. The van der Waals surface area contributed by atoms with E-state index in [9.17, 15) is 5.11 Å². The second kappa shape index (κ2) is 8.32. The molecule has 4 nitrogen and oxygen atoms in total. The highest BCUT2D eigenvalue weighted by Crippen LogP contribution is 2.23. The smallest absolute Gasteiger partial charge is 0.0900 e. The molecule has 0 aromatic carbocycles. The van der Waals surface area contributed by atoms with E-state index in [2.05, 4.69) is 18.7 Å². The summed E-state index contributed by atoms with van der Waals surface area (Å²) in [4.78, 5) is 2.45. The maximum atomic E-state index is 10.2. The van der Waals surface area contributed by atoms with E-state index >= 15 is 0 Å². The molecule has 2 heterocycles. The Kier molecular flexibility index (Phi) is 6.75. The van der Waals surface area contributed by atoms with Gasteiger partial charge in [0.15, 0.2) is 0 Å². The summed E-state index contributed by atoms with van der Waals surface area (Å²) in [6.45, 7) is 8.35. The van der Waals surface area contributed by atoms with Gasteiger partial charge in [-0.05, 0) is 38.1 Å². The Morgan fingerprint density at radius 1 is 1.25 bits per heavy atom. The zero-order chi connectivity index (χ0) is 14.4. The second-order valence-corrected chi connectivity index (χ2v) is 6.63. The highest BCUT2D eigenvalue weighted by Gasteiger charge is 2.26. The summed E-state index contributed by atoms with van der Waals surface area (Å²) in [6.07, 6.45) is 5.95. The van der Waals surface area contributed by atoms with E-state index in [1.807, 2.05) is 0 Å². The van der Waals surface area contributed by atoms with Gasteiger partial charge in [0.1, 0.15) is 0 Å². The minimum Gasteiger partial charge on any atom is -0.389 e. The molecule has 3 unspecified atom stereocenters. The Bertz CT molecular complexity index is 266. The van der Waals surface area contributed by atoms with Gasteiger partial charge in [0.2, 0.25) is 0 Å². The molecule has 2 rings (SSSR count). The largest absolute Gasteiger partial charge is 0.389 e. The van der Waals surface area contributed by atoms with Crippen molar-refractivity contribution in [1.82, 2.24) is 4.90 Å². The van der Waals surface area contributed by atoms with Crippen LogP contribution in [-0.4, -0.2) is 61.2 Å². The SMILES string of the molecule is CC(C)C1CCCCN1CC(O)COCC1CCCO1. The number of piperidine rings is 1. The van der Waals surface area contributed by atoms with Crippen molar-refractivity contribution in [3.8, 4) is 0 Å². The maximum Gasteiger partial charge on any atom is 0.0900 e. The van der Waals surface area contributed by atoms with Gasteiger partial charge in [-0.3, -0.25) is 4.90 Å². The van der Waals surface area contributed by atoms with E-state index in [1.165, 1.54) is 19.3 Å². The van der Waals surface area contributed by atoms with Gasteiger partial charge in [-0.1, -0.05) is 20.3 Å². The zero-order valence-electron chi connectivity index (χ0n) is 13.1. The van der Waals surface area contributed by atoms with Crippen LogP contribution in [0.3, 0.4) is 0 Å². The van der Waals surface area contributed by atoms with Gasteiger partial charge < -0.3 is 14.6 Å². The number of aliphatic hydroxyl groups is 1. The average Bonchev–Trinajstić information content (AvgIpc) is 2.92. The lowest BCUT2D eigenvalue weighted by Gasteiger charge is -2.39. The fourth-order valence-electron chi connectivity index (χ4n) is 3.43. The molecule has 0 bridgehead atoms. The van der Waals surface area contributed by atoms with Gasteiger partial charge in [-0.2, -0.15) is 0 Å². The summed E-state index contributed by atoms with van der Waals surface area (Å²) in [5.41, 5.74) is 0. The molecule has 0 spiro atoms. The van der Waals surface area contributed by atoms with E-state index in [-0.39, 0.29) is 12.2 Å². The number of hydrogen-bond donors (Lipinski definition) is 1. The van der Waals surface area contributed by atoms with Gasteiger partial charge in [0.05, 0.1) is 25.4 Å². The van der Waals surface area contributed by atoms with Gasteiger partial charge >= 0.3 is 0 Å². The Morgan fingerprint density at radius 3 is 2.80 bits per heavy atom. The van der Waals surface area contributed by atoms with Crippen molar-refractivity contribution in [2.75, 3.05) is 32.9 Å². The molecule has 0 radical (unpaired) electrons. The van der Waals surface area contributed by atoms with Crippen molar-refractivity contribution in [3.63, 3.8) is 0 Å². The van der Waals surface area contributed by atoms with Crippen molar-refractivity contribution < 1.29 is 14.6 Å². The standard InChI is InChI=1S/C16H31NO3/c1-13(2)16-7-3-4-8-17(16)10-14(18)11-19-12-15-6-5-9-20-15/h13-16,18H,3-12H2,1-2H3. The molecule has 1 N–H and O–H groups in total. The Hall–Kier alpha value is -0.160. The van der Waals surface area contributed by atoms with Gasteiger partial charge in [0, 0.05) is 19.2 Å². The van der Waals surface area contributed by atoms with Crippen LogP contribution in [0.15, 0.2) is 0 Å². The first kappa shape index (κ1) is 16.2. The molecule has 2 fully saturated rings. The minimum absolute atomic E-state index is 0.251. The van der Waals surface area contributed by atoms with Crippen LogP contribution in [-0.2, 0) is 9.47 Å². The number of aliphatic hydroxyl groups excluding tert-OH is 1. The van der Waals surface area contributed by atoms with Crippen LogP contribution in [0, 0.1) is 5.92 Å². The molecule has 0 aromatic rings. The van der Waals surface area contributed by atoms with Crippen molar-refractivity contribution in [2.24, 2.45) is 5.92 Å². The molecular weight excluding hydrogens is 254 g/mol. The highest BCUT2D eigenvalue weighted by atomic mass is 16.5. The number of likely N-dealkylation sites (tertiary alicyclic amines) is 1.